The average Bonchev–Trinajstić information content (AvgIpc) is 2.44. The summed E-state index contributed by atoms with van der Waals surface area (Å²) >= 11 is 0. The Kier molecular flexibility index (Phi) is 6.69. The van der Waals surface area contributed by atoms with E-state index in [9.17, 15) is 4.79 Å². The monoisotopic (exact) mass is 292 g/mol. The molecule has 1 amide bonds. The first-order valence-electron chi connectivity index (χ1n) is 7.55. The molecule has 2 atom stereocenters. The van der Waals surface area contributed by atoms with Gasteiger partial charge < -0.3 is 15.4 Å². The molecule has 21 heavy (non-hydrogen) atoms. The Bertz CT molecular complexity index is 472. The van der Waals surface area contributed by atoms with E-state index < -0.39 is 0 Å². The minimum absolute atomic E-state index is 0.0452. The minimum atomic E-state index is -0.0835. The van der Waals surface area contributed by atoms with Crippen LogP contribution in [0.25, 0.3) is 0 Å². The van der Waals surface area contributed by atoms with Gasteiger partial charge in [-0.2, -0.15) is 0 Å². The van der Waals surface area contributed by atoms with E-state index in [0.29, 0.717) is 5.92 Å². The van der Waals surface area contributed by atoms with E-state index in [1.807, 2.05) is 33.0 Å². The lowest BCUT2D eigenvalue weighted by Crippen LogP contribution is -2.39. The maximum absolute atomic E-state index is 11.9. The molecule has 0 spiro atoms. The van der Waals surface area contributed by atoms with E-state index in [4.69, 9.17) is 4.74 Å². The second-order valence-corrected chi connectivity index (χ2v) is 5.94. The molecule has 4 nitrogen and oxygen atoms in total. The summed E-state index contributed by atoms with van der Waals surface area (Å²) in [5.74, 6) is 1.09. The quantitative estimate of drug-likeness (QED) is 0.812. The van der Waals surface area contributed by atoms with Crippen LogP contribution in [0.1, 0.15) is 44.9 Å². The first-order valence-corrected chi connectivity index (χ1v) is 7.55. The van der Waals surface area contributed by atoms with Crippen LogP contribution in [0.15, 0.2) is 18.2 Å². The highest BCUT2D eigenvalue weighted by Gasteiger charge is 2.14. The molecule has 1 aromatic rings. The van der Waals surface area contributed by atoms with Crippen LogP contribution in [-0.4, -0.2) is 25.6 Å². The number of hydrogen-bond acceptors (Lipinski definition) is 3. The largest absolute Gasteiger partial charge is 0.483 e. The fourth-order valence-corrected chi connectivity index (χ4v) is 1.90. The van der Waals surface area contributed by atoms with Gasteiger partial charge in [0.05, 0.1) is 0 Å². The van der Waals surface area contributed by atoms with Crippen molar-refractivity contribution in [2.24, 2.45) is 5.92 Å². The highest BCUT2D eigenvalue weighted by molar-refractivity contribution is 5.77. The summed E-state index contributed by atoms with van der Waals surface area (Å²) in [4.78, 5) is 11.9. The predicted octanol–water partition coefficient (Wildman–Crippen LogP) is 2.81. The summed E-state index contributed by atoms with van der Waals surface area (Å²) in [5.41, 5.74) is 2.25. The van der Waals surface area contributed by atoms with Gasteiger partial charge in [-0.3, -0.25) is 4.79 Å². The second kappa shape index (κ2) is 8.03. The zero-order valence-corrected chi connectivity index (χ0v) is 14.0. The summed E-state index contributed by atoms with van der Waals surface area (Å²) < 4.78 is 5.71. The lowest BCUT2D eigenvalue weighted by atomic mass is 10.0. The Morgan fingerprint density at radius 1 is 1.24 bits per heavy atom. The van der Waals surface area contributed by atoms with E-state index in [0.717, 1.165) is 11.3 Å². The zero-order chi connectivity index (χ0) is 16.0. The Hall–Kier alpha value is -1.55. The van der Waals surface area contributed by atoms with Gasteiger partial charge in [0.1, 0.15) is 5.75 Å². The molecule has 0 aliphatic rings. The molecule has 2 N–H and O–H groups in total. The lowest BCUT2D eigenvalue weighted by molar-refractivity contribution is -0.124. The lowest BCUT2D eigenvalue weighted by Gasteiger charge is -2.19. The van der Waals surface area contributed by atoms with E-state index in [-0.39, 0.29) is 24.6 Å². The molecular weight excluding hydrogens is 264 g/mol. The second-order valence-electron chi connectivity index (χ2n) is 5.94. The third-order valence-corrected chi connectivity index (χ3v) is 3.81. The maximum Gasteiger partial charge on any atom is 0.258 e. The van der Waals surface area contributed by atoms with Crippen LogP contribution in [0.4, 0.5) is 0 Å². The predicted molar refractivity (Wildman–Crippen MR) is 86.6 cm³/mol. The van der Waals surface area contributed by atoms with Crippen molar-refractivity contribution >= 4 is 5.91 Å². The minimum Gasteiger partial charge on any atom is -0.483 e. The smallest absolute Gasteiger partial charge is 0.258 e. The van der Waals surface area contributed by atoms with Crippen LogP contribution in [0.3, 0.4) is 0 Å². The summed E-state index contributed by atoms with van der Waals surface area (Å²) in [6.45, 7) is 10.3. The van der Waals surface area contributed by atoms with Crippen LogP contribution in [0.5, 0.6) is 5.75 Å². The van der Waals surface area contributed by atoms with Crippen molar-refractivity contribution in [1.82, 2.24) is 10.6 Å². The molecule has 0 aliphatic carbocycles. The Labute approximate surface area is 128 Å². The maximum atomic E-state index is 11.9. The van der Waals surface area contributed by atoms with Crippen LogP contribution >= 0.6 is 0 Å². The zero-order valence-electron chi connectivity index (χ0n) is 14.0. The van der Waals surface area contributed by atoms with Gasteiger partial charge >= 0.3 is 0 Å². The Balaban J connectivity index is 2.69. The number of ether oxygens (including phenoxy) is 1. The summed E-state index contributed by atoms with van der Waals surface area (Å²) in [5, 5.41) is 6.15. The van der Waals surface area contributed by atoms with Gasteiger partial charge in [0.25, 0.3) is 5.91 Å². The fraction of sp³-hybridized carbons (Fsp3) is 0.588. The molecule has 0 heterocycles. The van der Waals surface area contributed by atoms with Crippen molar-refractivity contribution in [3.05, 3.63) is 29.3 Å². The van der Waals surface area contributed by atoms with Crippen molar-refractivity contribution < 1.29 is 9.53 Å². The molecule has 0 radical (unpaired) electrons. The summed E-state index contributed by atoms with van der Waals surface area (Å²) in [6, 6.07) is 6.34. The molecule has 0 bridgehead atoms. The fourth-order valence-electron chi connectivity index (χ4n) is 1.90. The normalized spacial score (nSPS) is 13.9. The van der Waals surface area contributed by atoms with Crippen LogP contribution < -0.4 is 15.4 Å². The topological polar surface area (TPSA) is 50.4 Å². The van der Waals surface area contributed by atoms with Crippen LogP contribution in [0, 0.1) is 12.8 Å². The molecule has 1 rings (SSSR count). The number of aryl methyl sites for hydroxylation is 1. The number of nitrogens with one attached hydrogen (secondary N) is 2. The van der Waals surface area contributed by atoms with E-state index in [1.54, 1.807) is 0 Å². The van der Waals surface area contributed by atoms with Gasteiger partial charge in [-0.1, -0.05) is 31.5 Å². The number of amides is 1. The molecule has 0 saturated heterocycles. The number of benzene rings is 1. The third-order valence-electron chi connectivity index (χ3n) is 3.81. The van der Waals surface area contributed by atoms with E-state index in [2.05, 4.69) is 37.5 Å². The summed E-state index contributed by atoms with van der Waals surface area (Å²) in [6.07, 6.45) is 0. The Morgan fingerprint density at radius 2 is 1.90 bits per heavy atom. The molecule has 0 aliphatic heterocycles. The molecule has 0 saturated carbocycles. The van der Waals surface area contributed by atoms with Gasteiger partial charge in [0, 0.05) is 17.6 Å². The molecule has 4 heteroatoms. The van der Waals surface area contributed by atoms with Gasteiger partial charge in [-0.05, 0) is 39.8 Å². The van der Waals surface area contributed by atoms with Crippen LogP contribution in [0.2, 0.25) is 0 Å². The first kappa shape index (κ1) is 17.5. The molecule has 0 fully saturated rings. The van der Waals surface area contributed by atoms with Crippen molar-refractivity contribution in [2.75, 3.05) is 13.7 Å². The van der Waals surface area contributed by atoms with Crippen LogP contribution in [-0.2, 0) is 4.79 Å². The molecular formula is C17H28N2O2. The van der Waals surface area contributed by atoms with Gasteiger partial charge in [-0.15, -0.1) is 0 Å². The highest BCUT2D eigenvalue weighted by atomic mass is 16.5. The third kappa shape index (κ3) is 5.38. The Morgan fingerprint density at radius 3 is 2.48 bits per heavy atom. The van der Waals surface area contributed by atoms with E-state index >= 15 is 0 Å². The van der Waals surface area contributed by atoms with Gasteiger partial charge in [-0.25, -0.2) is 0 Å². The van der Waals surface area contributed by atoms with Crippen molar-refractivity contribution in [1.29, 1.82) is 0 Å². The van der Waals surface area contributed by atoms with Crippen molar-refractivity contribution in [3.8, 4) is 5.75 Å². The highest BCUT2D eigenvalue weighted by Crippen LogP contribution is 2.26. The number of carbonyl (C=O) groups is 1. The van der Waals surface area contributed by atoms with Gasteiger partial charge in [0.2, 0.25) is 0 Å². The average molecular weight is 292 g/mol. The van der Waals surface area contributed by atoms with Gasteiger partial charge in [0.15, 0.2) is 6.61 Å². The number of rotatable bonds is 7. The molecule has 0 aromatic heterocycles. The molecule has 118 valence electrons. The molecule has 2 unspecified atom stereocenters. The van der Waals surface area contributed by atoms with Crippen molar-refractivity contribution in [3.63, 3.8) is 0 Å². The van der Waals surface area contributed by atoms with Crippen molar-refractivity contribution in [2.45, 2.75) is 46.7 Å². The standard InChI is InChI=1S/C17H28N2O2/c1-11(2)13(4)19-17(20)10-21-16-8-7-12(3)9-15(16)14(5)18-6/h7-9,11,13-14,18H,10H2,1-6H3,(H,19,20). The molecule has 1 aromatic carbocycles. The number of hydrogen-bond donors (Lipinski definition) is 2. The SMILES string of the molecule is CNC(C)c1cc(C)ccc1OCC(=O)NC(C)C(C)C. The van der Waals surface area contributed by atoms with E-state index in [1.165, 1.54) is 5.56 Å². The number of carbonyl (C=O) groups excluding carboxylic acids is 1. The first-order chi connectivity index (χ1) is 9.85. The summed E-state index contributed by atoms with van der Waals surface area (Å²) in [7, 11) is 1.91.